The number of amides is 2. The predicted molar refractivity (Wildman–Crippen MR) is 107 cm³/mol. The first-order chi connectivity index (χ1) is 13.2. The molecule has 1 aliphatic rings. The maximum Gasteiger partial charge on any atom is 0.265 e. The van der Waals surface area contributed by atoms with Crippen LogP contribution in [0, 0.1) is 0 Å². The first-order valence-corrected chi connectivity index (χ1v) is 10.1. The predicted octanol–water partition coefficient (Wildman–Crippen LogP) is 2.97. The van der Waals surface area contributed by atoms with Gasteiger partial charge < -0.3 is 20.7 Å². The standard InChI is InChI=1S/C20H25N3O3S/c21-9-3-12-26-17-7-10-23(11-8-17)20(25)15-4-1-5-16(14-15)22-19(24)18-6-2-13-27-18/h1-2,4-6,13-14,17H,3,7-12,21H2,(H,22,24). The van der Waals surface area contributed by atoms with E-state index in [0.717, 1.165) is 19.3 Å². The molecule has 27 heavy (non-hydrogen) atoms. The number of likely N-dealkylation sites (tertiary alicyclic amines) is 1. The second kappa shape index (κ2) is 9.64. The molecule has 0 spiro atoms. The molecule has 0 atom stereocenters. The highest BCUT2D eigenvalue weighted by Crippen LogP contribution is 2.19. The number of hydrogen-bond donors (Lipinski definition) is 2. The van der Waals surface area contributed by atoms with Crippen molar-refractivity contribution in [2.45, 2.75) is 25.4 Å². The van der Waals surface area contributed by atoms with E-state index in [0.29, 0.717) is 42.4 Å². The monoisotopic (exact) mass is 387 g/mol. The van der Waals surface area contributed by atoms with E-state index in [4.69, 9.17) is 10.5 Å². The summed E-state index contributed by atoms with van der Waals surface area (Å²) in [6.45, 7) is 2.67. The van der Waals surface area contributed by atoms with E-state index in [2.05, 4.69) is 5.32 Å². The minimum absolute atomic E-state index is 0.0115. The highest BCUT2D eigenvalue weighted by molar-refractivity contribution is 7.12. The molecule has 2 aromatic rings. The number of anilines is 1. The van der Waals surface area contributed by atoms with Gasteiger partial charge in [-0.15, -0.1) is 11.3 Å². The molecule has 7 heteroatoms. The van der Waals surface area contributed by atoms with Crippen LogP contribution in [0.15, 0.2) is 41.8 Å². The summed E-state index contributed by atoms with van der Waals surface area (Å²) in [5.74, 6) is -0.173. The number of nitrogens with zero attached hydrogens (tertiary/aromatic N) is 1. The summed E-state index contributed by atoms with van der Waals surface area (Å²) in [6, 6.07) is 10.7. The van der Waals surface area contributed by atoms with E-state index in [1.54, 1.807) is 30.3 Å². The maximum absolute atomic E-state index is 12.8. The number of carbonyl (C=O) groups is 2. The van der Waals surface area contributed by atoms with Gasteiger partial charge in [0.05, 0.1) is 11.0 Å². The van der Waals surface area contributed by atoms with Crippen LogP contribution < -0.4 is 11.1 Å². The Bertz CT molecular complexity index is 756. The SMILES string of the molecule is NCCCOC1CCN(C(=O)c2cccc(NC(=O)c3cccs3)c2)CC1. The Labute approximate surface area is 163 Å². The van der Waals surface area contributed by atoms with Crippen LogP contribution in [0.4, 0.5) is 5.69 Å². The summed E-state index contributed by atoms with van der Waals surface area (Å²) in [4.78, 5) is 27.5. The van der Waals surface area contributed by atoms with Crippen molar-refractivity contribution in [2.75, 3.05) is 31.6 Å². The highest BCUT2D eigenvalue weighted by atomic mass is 32.1. The van der Waals surface area contributed by atoms with Crippen molar-refractivity contribution in [2.24, 2.45) is 5.73 Å². The lowest BCUT2D eigenvalue weighted by Gasteiger charge is -2.32. The molecule has 0 saturated carbocycles. The van der Waals surface area contributed by atoms with Gasteiger partial charge in [-0.05, 0) is 55.5 Å². The van der Waals surface area contributed by atoms with Crippen LogP contribution in [0.1, 0.15) is 39.3 Å². The third-order valence-corrected chi connectivity index (χ3v) is 5.41. The molecule has 0 aliphatic carbocycles. The van der Waals surface area contributed by atoms with Crippen molar-refractivity contribution >= 4 is 28.8 Å². The van der Waals surface area contributed by atoms with Gasteiger partial charge in [0.1, 0.15) is 0 Å². The van der Waals surface area contributed by atoms with Crippen LogP contribution in [0.3, 0.4) is 0 Å². The zero-order valence-corrected chi connectivity index (χ0v) is 16.0. The minimum atomic E-state index is -0.162. The average molecular weight is 388 g/mol. The maximum atomic E-state index is 12.8. The topological polar surface area (TPSA) is 84.7 Å². The van der Waals surface area contributed by atoms with E-state index < -0.39 is 0 Å². The number of hydrogen-bond acceptors (Lipinski definition) is 5. The Morgan fingerprint density at radius 1 is 1.22 bits per heavy atom. The van der Waals surface area contributed by atoms with Gasteiger partial charge >= 0.3 is 0 Å². The van der Waals surface area contributed by atoms with Gasteiger partial charge in [0.2, 0.25) is 0 Å². The Morgan fingerprint density at radius 2 is 2.04 bits per heavy atom. The smallest absolute Gasteiger partial charge is 0.265 e. The summed E-state index contributed by atoms with van der Waals surface area (Å²) in [5.41, 5.74) is 6.69. The van der Waals surface area contributed by atoms with Crippen LogP contribution >= 0.6 is 11.3 Å². The molecule has 0 bridgehead atoms. The van der Waals surface area contributed by atoms with Gasteiger partial charge in [-0.1, -0.05) is 12.1 Å². The fourth-order valence-electron chi connectivity index (χ4n) is 3.07. The third kappa shape index (κ3) is 5.38. The number of nitrogens with two attached hydrogens (primary N) is 1. The number of benzene rings is 1. The molecule has 1 aromatic heterocycles. The second-order valence-corrected chi connectivity index (χ2v) is 7.46. The van der Waals surface area contributed by atoms with E-state index in [9.17, 15) is 9.59 Å². The number of thiophene rings is 1. The molecule has 6 nitrogen and oxygen atoms in total. The fourth-order valence-corrected chi connectivity index (χ4v) is 3.69. The largest absolute Gasteiger partial charge is 0.378 e. The van der Waals surface area contributed by atoms with Crippen molar-refractivity contribution in [3.8, 4) is 0 Å². The summed E-state index contributed by atoms with van der Waals surface area (Å²) in [5, 5.41) is 4.71. The molecule has 3 rings (SSSR count). The molecule has 1 aromatic carbocycles. The van der Waals surface area contributed by atoms with Gasteiger partial charge in [-0.2, -0.15) is 0 Å². The highest BCUT2D eigenvalue weighted by Gasteiger charge is 2.24. The fraction of sp³-hybridized carbons (Fsp3) is 0.400. The summed E-state index contributed by atoms with van der Waals surface area (Å²) >= 11 is 1.38. The van der Waals surface area contributed by atoms with Crippen molar-refractivity contribution in [1.29, 1.82) is 0 Å². The van der Waals surface area contributed by atoms with Crippen molar-refractivity contribution < 1.29 is 14.3 Å². The Morgan fingerprint density at radius 3 is 2.74 bits per heavy atom. The van der Waals surface area contributed by atoms with Crippen molar-refractivity contribution in [3.63, 3.8) is 0 Å². The zero-order valence-electron chi connectivity index (χ0n) is 15.2. The Balaban J connectivity index is 1.55. The average Bonchev–Trinajstić information content (AvgIpc) is 3.23. The zero-order chi connectivity index (χ0) is 19.1. The third-order valence-electron chi connectivity index (χ3n) is 4.54. The van der Waals surface area contributed by atoms with Gasteiger partial charge in [0, 0.05) is 30.9 Å². The molecule has 2 heterocycles. The molecular weight excluding hydrogens is 362 g/mol. The first kappa shape index (κ1) is 19.5. The number of ether oxygens (including phenoxy) is 1. The molecule has 0 radical (unpaired) electrons. The molecular formula is C20H25N3O3S. The van der Waals surface area contributed by atoms with Crippen LogP contribution in [0.25, 0.3) is 0 Å². The molecule has 1 aliphatic heterocycles. The number of rotatable bonds is 7. The summed E-state index contributed by atoms with van der Waals surface area (Å²) in [6.07, 6.45) is 2.75. The van der Waals surface area contributed by atoms with Crippen LogP contribution in [0.5, 0.6) is 0 Å². The minimum Gasteiger partial charge on any atom is -0.378 e. The van der Waals surface area contributed by atoms with E-state index in [1.807, 2.05) is 16.3 Å². The molecule has 0 unspecified atom stereocenters. The normalized spacial score (nSPS) is 14.9. The lowest BCUT2D eigenvalue weighted by molar-refractivity contribution is 0.00844. The number of piperidine rings is 1. The second-order valence-electron chi connectivity index (χ2n) is 6.52. The van der Waals surface area contributed by atoms with Gasteiger partial charge in [0.15, 0.2) is 0 Å². The van der Waals surface area contributed by atoms with Gasteiger partial charge in [0.25, 0.3) is 11.8 Å². The van der Waals surface area contributed by atoms with Crippen LogP contribution in [-0.4, -0.2) is 49.1 Å². The lowest BCUT2D eigenvalue weighted by atomic mass is 10.1. The molecule has 1 fully saturated rings. The Hall–Kier alpha value is -2.22. The van der Waals surface area contributed by atoms with E-state index >= 15 is 0 Å². The molecule has 3 N–H and O–H groups in total. The van der Waals surface area contributed by atoms with Crippen LogP contribution in [0.2, 0.25) is 0 Å². The molecule has 2 amide bonds. The van der Waals surface area contributed by atoms with E-state index in [-0.39, 0.29) is 17.9 Å². The van der Waals surface area contributed by atoms with E-state index in [1.165, 1.54) is 11.3 Å². The number of nitrogens with one attached hydrogen (secondary N) is 1. The lowest BCUT2D eigenvalue weighted by Crippen LogP contribution is -2.41. The van der Waals surface area contributed by atoms with Gasteiger partial charge in [-0.3, -0.25) is 9.59 Å². The van der Waals surface area contributed by atoms with Crippen LogP contribution in [-0.2, 0) is 4.74 Å². The van der Waals surface area contributed by atoms with Gasteiger partial charge in [-0.25, -0.2) is 0 Å². The van der Waals surface area contributed by atoms with Crippen molar-refractivity contribution in [1.82, 2.24) is 4.90 Å². The summed E-state index contributed by atoms with van der Waals surface area (Å²) in [7, 11) is 0. The first-order valence-electron chi connectivity index (χ1n) is 9.23. The number of carbonyl (C=O) groups excluding carboxylic acids is 2. The molecule has 144 valence electrons. The summed E-state index contributed by atoms with van der Waals surface area (Å²) < 4.78 is 5.79. The molecule has 1 saturated heterocycles. The van der Waals surface area contributed by atoms with Crippen molar-refractivity contribution in [3.05, 3.63) is 52.2 Å². The quantitative estimate of drug-likeness (QED) is 0.716. The Kier molecular flexibility index (Phi) is 6.98.